The third kappa shape index (κ3) is 4.19. The highest BCUT2D eigenvalue weighted by atomic mass is 16.5. The molecule has 2 aromatic carbocycles. The minimum absolute atomic E-state index is 0.0556. The van der Waals surface area contributed by atoms with Gasteiger partial charge in [-0.05, 0) is 49.6 Å². The third-order valence-electron chi connectivity index (χ3n) is 3.46. The second-order valence-electron chi connectivity index (χ2n) is 5.09. The van der Waals surface area contributed by atoms with Crippen LogP contribution in [0.5, 0.6) is 5.75 Å². The number of aryl methyl sites for hydroxylation is 1. The molecule has 0 aliphatic rings. The summed E-state index contributed by atoms with van der Waals surface area (Å²) in [5.74, 6) is 0.851. The molecule has 0 fully saturated rings. The number of carbonyl (C=O) groups is 1. The molecule has 0 atom stereocenters. The molecular formula is C19H22O2. The SMILES string of the molecule is CCCCc1ccc(C(=O)c2ccc(OCC)cc2)cc1. The molecule has 0 N–H and O–H groups in total. The molecule has 110 valence electrons. The Bertz CT molecular complexity index is 568. The third-order valence-corrected chi connectivity index (χ3v) is 3.46. The van der Waals surface area contributed by atoms with Crippen LogP contribution in [-0.4, -0.2) is 12.4 Å². The van der Waals surface area contributed by atoms with E-state index in [1.807, 2.05) is 43.3 Å². The molecule has 0 aromatic heterocycles. The molecule has 2 heteroatoms. The van der Waals surface area contributed by atoms with E-state index in [9.17, 15) is 4.79 Å². The first-order valence-corrected chi connectivity index (χ1v) is 7.61. The summed E-state index contributed by atoms with van der Waals surface area (Å²) in [5.41, 5.74) is 2.72. The van der Waals surface area contributed by atoms with Crippen LogP contribution in [0.2, 0.25) is 0 Å². The van der Waals surface area contributed by atoms with Crippen molar-refractivity contribution >= 4 is 5.78 Å². The number of benzene rings is 2. The molecule has 0 spiro atoms. The summed E-state index contributed by atoms with van der Waals surface area (Å²) in [6.07, 6.45) is 3.45. The van der Waals surface area contributed by atoms with Gasteiger partial charge in [-0.15, -0.1) is 0 Å². The largest absolute Gasteiger partial charge is 0.494 e. The Morgan fingerprint density at radius 2 is 1.48 bits per heavy atom. The topological polar surface area (TPSA) is 26.3 Å². The van der Waals surface area contributed by atoms with E-state index in [-0.39, 0.29) is 5.78 Å². The first kappa shape index (κ1) is 15.3. The van der Waals surface area contributed by atoms with Gasteiger partial charge in [0.2, 0.25) is 0 Å². The lowest BCUT2D eigenvalue weighted by Gasteiger charge is -2.06. The summed E-state index contributed by atoms with van der Waals surface area (Å²) in [6, 6.07) is 15.3. The first-order valence-electron chi connectivity index (χ1n) is 7.61. The second kappa shape index (κ2) is 7.63. The van der Waals surface area contributed by atoms with Crippen LogP contribution in [0, 0.1) is 0 Å². The monoisotopic (exact) mass is 282 g/mol. The van der Waals surface area contributed by atoms with Crippen molar-refractivity contribution in [3.63, 3.8) is 0 Å². The second-order valence-corrected chi connectivity index (χ2v) is 5.09. The van der Waals surface area contributed by atoms with Gasteiger partial charge in [0.15, 0.2) is 5.78 Å². The predicted octanol–water partition coefficient (Wildman–Crippen LogP) is 4.66. The van der Waals surface area contributed by atoms with Crippen molar-refractivity contribution in [1.29, 1.82) is 0 Å². The fourth-order valence-electron chi connectivity index (χ4n) is 2.24. The molecule has 0 unspecified atom stereocenters. The van der Waals surface area contributed by atoms with Crippen LogP contribution in [-0.2, 0) is 6.42 Å². The van der Waals surface area contributed by atoms with Crippen LogP contribution in [0.3, 0.4) is 0 Å². The molecule has 21 heavy (non-hydrogen) atoms. The summed E-state index contributed by atoms with van der Waals surface area (Å²) < 4.78 is 5.39. The standard InChI is InChI=1S/C19H22O2/c1-3-5-6-15-7-9-16(10-8-15)19(20)17-11-13-18(14-12-17)21-4-2/h7-14H,3-6H2,1-2H3. The van der Waals surface area contributed by atoms with Gasteiger partial charge < -0.3 is 4.74 Å². The Kier molecular flexibility index (Phi) is 5.56. The van der Waals surface area contributed by atoms with Crippen molar-refractivity contribution in [3.05, 3.63) is 65.2 Å². The van der Waals surface area contributed by atoms with E-state index in [4.69, 9.17) is 4.74 Å². The Hall–Kier alpha value is -2.09. The summed E-state index contributed by atoms with van der Waals surface area (Å²) in [6.45, 7) is 4.76. The maximum absolute atomic E-state index is 12.4. The maximum Gasteiger partial charge on any atom is 0.193 e. The van der Waals surface area contributed by atoms with Gasteiger partial charge in [-0.1, -0.05) is 37.6 Å². The molecule has 0 aliphatic heterocycles. The molecule has 0 amide bonds. The van der Waals surface area contributed by atoms with Crippen LogP contribution in [0.4, 0.5) is 0 Å². The Balaban J connectivity index is 2.08. The number of ketones is 1. The fraction of sp³-hybridized carbons (Fsp3) is 0.316. The van der Waals surface area contributed by atoms with Gasteiger partial charge in [0, 0.05) is 11.1 Å². The lowest BCUT2D eigenvalue weighted by Crippen LogP contribution is -2.01. The van der Waals surface area contributed by atoms with Gasteiger partial charge >= 0.3 is 0 Å². The zero-order valence-electron chi connectivity index (χ0n) is 12.8. The number of ether oxygens (including phenoxy) is 1. The van der Waals surface area contributed by atoms with Crippen molar-refractivity contribution in [2.45, 2.75) is 33.1 Å². The normalized spacial score (nSPS) is 10.4. The zero-order valence-corrected chi connectivity index (χ0v) is 12.8. The van der Waals surface area contributed by atoms with E-state index in [0.29, 0.717) is 12.2 Å². The van der Waals surface area contributed by atoms with Crippen LogP contribution in [0.1, 0.15) is 48.2 Å². The molecule has 0 aliphatic carbocycles. The molecule has 0 saturated heterocycles. The van der Waals surface area contributed by atoms with Crippen LogP contribution >= 0.6 is 0 Å². The zero-order chi connectivity index (χ0) is 15.1. The van der Waals surface area contributed by atoms with Crippen molar-refractivity contribution in [2.24, 2.45) is 0 Å². The Morgan fingerprint density at radius 1 is 0.905 bits per heavy atom. The first-order chi connectivity index (χ1) is 10.2. The van der Waals surface area contributed by atoms with Crippen molar-refractivity contribution in [3.8, 4) is 5.75 Å². The van der Waals surface area contributed by atoms with Gasteiger partial charge in [-0.3, -0.25) is 4.79 Å². The number of hydrogen-bond acceptors (Lipinski definition) is 2. The highest BCUT2D eigenvalue weighted by Gasteiger charge is 2.09. The molecule has 0 saturated carbocycles. The van der Waals surface area contributed by atoms with E-state index in [1.54, 1.807) is 0 Å². The summed E-state index contributed by atoms with van der Waals surface area (Å²) in [5, 5.41) is 0. The van der Waals surface area contributed by atoms with E-state index < -0.39 is 0 Å². The minimum Gasteiger partial charge on any atom is -0.494 e. The summed E-state index contributed by atoms with van der Waals surface area (Å²) >= 11 is 0. The van der Waals surface area contributed by atoms with Gasteiger partial charge in [0.05, 0.1) is 6.61 Å². The Morgan fingerprint density at radius 3 is 2.00 bits per heavy atom. The fourth-order valence-corrected chi connectivity index (χ4v) is 2.24. The van der Waals surface area contributed by atoms with E-state index >= 15 is 0 Å². The van der Waals surface area contributed by atoms with Crippen molar-refractivity contribution < 1.29 is 9.53 Å². The van der Waals surface area contributed by atoms with Gasteiger partial charge in [0.25, 0.3) is 0 Å². The van der Waals surface area contributed by atoms with Crippen molar-refractivity contribution in [2.75, 3.05) is 6.61 Å². The molecule has 2 aromatic rings. The highest BCUT2D eigenvalue weighted by molar-refractivity contribution is 6.09. The smallest absolute Gasteiger partial charge is 0.193 e. The molecule has 2 nitrogen and oxygen atoms in total. The van der Waals surface area contributed by atoms with Crippen molar-refractivity contribution in [1.82, 2.24) is 0 Å². The average molecular weight is 282 g/mol. The van der Waals surface area contributed by atoms with E-state index in [0.717, 1.165) is 17.7 Å². The minimum atomic E-state index is 0.0556. The molecule has 2 rings (SSSR count). The van der Waals surface area contributed by atoms with Gasteiger partial charge in [-0.25, -0.2) is 0 Å². The average Bonchev–Trinajstić information content (AvgIpc) is 2.54. The molecule has 0 radical (unpaired) electrons. The number of unbranched alkanes of at least 4 members (excludes halogenated alkanes) is 1. The number of hydrogen-bond donors (Lipinski definition) is 0. The number of rotatable bonds is 7. The van der Waals surface area contributed by atoms with Gasteiger partial charge in [-0.2, -0.15) is 0 Å². The molecular weight excluding hydrogens is 260 g/mol. The van der Waals surface area contributed by atoms with Crippen LogP contribution in [0.15, 0.2) is 48.5 Å². The Labute approximate surface area is 126 Å². The summed E-state index contributed by atoms with van der Waals surface area (Å²) in [7, 11) is 0. The highest BCUT2D eigenvalue weighted by Crippen LogP contribution is 2.16. The van der Waals surface area contributed by atoms with E-state index in [1.165, 1.54) is 18.4 Å². The molecule has 0 bridgehead atoms. The molecule has 0 heterocycles. The van der Waals surface area contributed by atoms with Crippen LogP contribution < -0.4 is 4.74 Å². The van der Waals surface area contributed by atoms with Crippen LogP contribution in [0.25, 0.3) is 0 Å². The van der Waals surface area contributed by atoms with Gasteiger partial charge in [0.1, 0.15) is 5.75 Å². The lowest BCUT2D eigenvalue weighted by atomic mass is 10.0. The quantitative estimate of drug-likeness (QED) is 0.690. The summed E-state index contributed by atoms with van der Waals surface area (Å²) in [4.78, 5) is 12.4. The maximum atomic E-state index is 12.4. The number of carbonyl (C=O) groups excluding carboxylic acids is 1. The lowest BCUT2D eigenvalue weighted by molar-refractivity contribution is 0.103. The van der Waals surface area contributed by atoms with E-state index in [2.05, 4.69) is 19.1 Å². The predicted molar refractivity (Wildman–Crippen MR) is 86.1 cm³/mol.